The summed E-state index contributed by atoms with van der Waals surface area (Å²) in [6.07, 6.45) is 6.83. The van der Waals surface area contributed by atoms with E-state index in [0.29, 0.717) is 24.0 Å². The SMILES string of the molecule is Nc1ncnc2c1ccn2[C@H]1CC[C@@H](COc2ccc3cccnc3n2)O1. The first-order valence-corrected chi connectivity index (χ1v) is 8.85. The Labute approximate surface area is 155 Å². The standard InChI is InChI=1S/C19H18N6O2/c20-17-14-7-9-25(19(14)23-11-22-17)16-6-4-13(27-16)10-26-15-5-3-12-2-1-8-21-18(12)24-15/h1-3,5,7-9,11,13,16H,4,6,10H2,(H2,20,22,23)/t13-,16+/m0/s1. The third-order valence-electron chi connectivity index (χ3n) is 4.79. The zero-order valence-corrected chi connectivity index (χ0v) is 14.5. The van der Waals surface area contributed by atoms with Gasteiger partial charge in [-0.15, -0.1) is 0 Å². The third-order valence-corrected chi connectivity index (χ3v) is 4.79. The molecule has 2 atom stereocenters. The lowest BCUT2D eigenvalue weighted by Crippen LogP contribution is -2.19. The van der Waals surface area contributed by atoms with E-state index in [4.69, 9.17) is 15.2 Å². The lowest BCUT2D eigenvalue weighted by atomic mass is 10.2. The number of nitrogens with zero attached hydrogens (tertiary/aromatic N) is 5. The monoisotopic (exact) mass is 362 g/mol. The summed E-state index contributed by atoms with van der Waals surface area (Å²) in [5.74, 6) is 1.03. The van der Waals surface area contributed by atoms with Crippen molar-refractivity contribution in [3.8, 4) is 5.88 Å². The summed E-state index contributed by atoms with van der Waals surface area (Å²) in [7, 11) is 0. The molecule has 4 aromatic heterocycles. The van der Waals surface area contributed by atoms with Gasteiger partial charge in [0.2, 0.25) is 5.88 Å². The summed E-state index contributed by atoms with van der Waals surface area (Å²) >= 11 is 0. The van der Waals surface area contributed by atoms with E-state index in [9.17, 15) is 0 Å². The van der Waals surface area contributed by atoms with Crippen LogP contribution >= 0.6 is 0 Å². The highest BCUT2D eigenvalue weighted by atomic mass is 16.6. The van der Waals surface area contributed by atoms with Crippen molar-refractivity contribution in [2.45, 2.75) is 25.2 Å². The first-order chi connectivity index (χ1) is 13.3. The lowest BCUT2D eigenvalue weighted by molar-refractivity contribution is -0.0162. The Morgan fingerprint density at radius 1 is 1.15 bits per heavy atom. The fourth-order valence-electron chi connectivity index (χ4n) is 3.43. The Kier molecular flexibility index (Phi) is 3.83. The Morgan fingerprint density at radius 2 is 2.11 bits per heavy atom. The van der Waals surface area contributed by atoms with Gasteiger partial charge in [0.05, 0.1) is 11.5 Å². The highest BCUT2D eigenvalue weighted by Gasteiger charge is 2.28. The van der Waals surface area contributed by atoms with Crippen molar-refractivity contribution in [1.29, 1.82) is 0 Å². The predicted molar refractivity (Wildman–Crippen MR) is 100 cm³/mol. The number of anilines is 1. The molecule has 0 amide bonds. The Morgan fingerprint density at radius 3 is 3.07 bits per heavy atom. The summed E-state index contributed by atoms with van der Waals surface area (Å²) < 4.78 is 14.0. The van der Waals surface area contributed by atoms with Gasteiger partial charge in [-0.3, -0.25) is 0 Å². The molecule has 1 aliphatic heterocycles. The Hall–Kier alpha value is -3.26. The van der Waals surface area contributed by atoms with E-state index in [1.165, 1.54) is 6.33 Å². The van der Waals surface area contributed by atoms with E-state index in [0.717, 1.165) is 29.3 Å². The number of pyridine rings is 2. The van der Waals surface area contributed by atoms with Crippen LogP contribution in [0.15, 0.2) is 49.1 Å². The molecule has 8 nitrogen and oxygen atoms in total. The first kappa shape index (κ1) is 16.0. The van der Waals surface area contributed by atoms with Crippen molar-refractivity contribution in [3.05, 3.63) is 49.1 Å². The van der Waals surface area contributed by atoms with Gasteiger partial charge in [-0.25, -0.2) is 15.0 Å². The van der Waals surface area contributed by atoms with Gasteiger partial charge >= 0.3 is 0 Å². The number of aromatic nitrogens is 5. The van der Waals surface area contributed by atoms with Crippen LogP contribution in [0.3, 0.4) is 0 Å². The summed E-state index contributed by atoms with van der Waals surface area (Å²) in [5.41, 5.74) is 7.38. The average molecular weight is 362 g/mol. The topological polar surface area (TPSA) is 101 Å². The van der Waals surface area contributed by atoms with Crippen LogP contribution in [-0.2, 0) is 4.74 Å². The van der Waals surface area contributed by atoms with Crippen LogP contribution in [0.25, 0.3) is 22.1 Å². The minimum absolute atomic E-state index is 0.00661. The molecular formula is C19H18N6O2. The zero-order valence-electron chi connectivity index (χ0n) is 14.5. The van der Waals surface area contributed by atoms with Gasteiger partial charge in [0.1, 0.15) is 30.6 Å². The van der Waals surface area contributed by atoms with Crippen molar-refractivity contribution < 1.29 is 9.47 Å². The average Bonchev–Trinajstić information content (AvgIpc) is 3.33. The molecule has 27 heavy (non-hydrogen) atoms. The molecule has 1 aliphatic rings. The van der Waals surface area contributed by atoms with Crippen LogP contribution in [0.2, 0.25) is 0 Å². The highest BCUT2D eigenvalue weighted by Crippen LogP contribution is 2.32. The Bertz CT molecular complexity index is 1110. The summed E-state index contributed by atoms with van der Waals surface area (Å²) in [4.78, 5) is 17.1. The molecule has 4 aromatic rings. The summed E-state index contributed by atoms with van der Waals surface area (Å²) in [5, 5.41) is 1.83. The van der Waals surface area contributed by atoms with Crippen molar-refractivity contribution in [3.63, 3.8) is 0 Å². The van der Waals surface area contributed by atoms with Crippen LogP contribution in [0.4, 0.5) is 5.82 Å². The van der Waals surface area contributed by atoms with E-state index in [2.05, 4.69) is 19.9 Å². The van der Waals surface area contributed by atoms with Gasteiger partial charge in [-0.2, -0.15) is 4.98 Å². The molecule has 0 aromatic carbocycles. The predicted octanol–water partition coefficient (Wildman–Crippen LogP) is 2.71. The van der Waals surface area contributed by atoms with Gasteiger partial charge < -0.3 is 19.8 Å². The van der Waals surface area contributed by atoms with E-state index in [1.807, 2.05) is 41.1 Å². The fraction of sp³-hybridized carbons (Fsp3) is 0.263. The quantitative estimate of drug-likeness (QED) is 0.595. The summed E-state index contributed by atoms with van der Waals surface area (Å²) in [6.45, 7) is 0.443. The van der Waals surface area contributed by atoms with Crippen molar-refractivity contribution in [2.75, 3.05) is 12.3 Å². The van der Waals surface area contributed by atoms with Gasteiger partial charge in [0.15, 0.2) is 5.65 Å². The molecule has 0 unspecified atom stereocenters. The molecule has 0 spiro atoms. The van der Waals surface area contributed by atoms with Crippen molar-refractivity contribution in [1.82, 2.24) is 24.5 Å². The molecule has 0 bridgehead atoms. The zero-order chi connectivity index (χ0) is 18.2. The third kappa shape index (κ3) is 2.93. The minimum atomic E-state index is -0.0865. The number of hydrogen-bond acceptors (Lipinski definition) is 7. The molecule has 0 aliphatic carbocycles. The smallest absolute Gasteiger partial charge is 0.215 e. The molecule has 0 radical (unpaired) electrons. The lowest BCUT2D eigenvalue weighted by Gasteiger charge is -2.16. The maximum absolute atomic E-state index is 6.16. The largest absolute Gasteiger partial charge is 0.475 e. The number of hydrogen-bond donors (Lipinski definition) is 1. The van der Waals surface area contributed by atoms with Crippen LogP contribution in [0.1, 0.15) is 19.1 Å². The van der Waals surface area contributed by atoms with Crippen molar-refractivity contribution in [2.24, 2.45) is 0 Å². The highest BCUT2D eigenvalue weighted by molar-refractivity contribution is 5.86. The normalized spacial score (nSPS) is 19.7. The van der Waals surface area contributed by atoms with Crippen LogP contribution in [0.5, 0.6) is 5.88 Å². The number of rotatable bonds is 4. The maximum atomic E-state index is 6.16. The molecular weight excluding hydrogens is 344 g/mol. The van der Waals surface area contributed by atoms with Crippen LogP contribution in [-0.4, -0.2) is 37.2 Å². The van der Waals surface area contributed by atoms with E-state index >= 15 is 0 Å². The number of fused-ring (bicyclic) bond motifs is 2. The van der Waals surface area contributed by atoms with Crippen molar-refractivity contribution >= 4 is 27.9 Å². The van der Waals surface area contributed by atoms with Gasteiger partial charge in [0.25, 0.3) is 0 Å². The maximum Gasteiger partial charge on any atom is 0.215 e. The molecule has 1 fully saturated rings. The van der Waals surface area contributed by atoms with Crippen LogP contribution < -0.4 is 10.5 Å². The van der Waals surface area contributed by atoms with Gasteiger partial charge in [0, 0.05) is 23.8 Å². The molecule has 2 N–H and O–H groups in total. The summed E-state index contributed by atoms with van der Waals surface area (Å²) in [6, 6.07) is 9.60. The number of nitrogen functional groups attached to an aromatic ring is 1. The minimum Gasteiger partial charge on any atom is -0.475 e. The van der Waals surface area contributed by atoms with Crippen LogP contribution in [0, 0.1) is 0 Å². The number of nitrogens with two attached hydrogens (primary N) is 1. The molecule has 5 rings (SSSR count). The van der Waals surface area contributed by atoms with E-state index in [1.54, 1.807) is 6.20 Å². The van der Waals surface area contributed by atoms with E-state index < -0.39 is 0 Å². The Balaban J connectivity index is 1.27. The second kappa shape index (κ2) is 6.48. The second-order valence-electron chi connectivity index (χ2n) is 6.52. The molecule has 1 saturated heterocycles. The second-order valence-corrected chi connectivity index (χ2v) is 6.52. The molecule has 8 heteroatoms. The van der Waals surface area contributed by atoms with Gasteiger partial charge in [-0.05, 0) is 37.1 Å². The fourth-order valence-corrected chi connectivity index (χ4v) is 3.43. The molecule has 136 valence electrons. The number of ether oxygens (including phenoxy) is 2. The first-order valence-electron chi connectivity index (χ1n) is 8.85. The van der Waals surface area contributed by atoms with Gasteiger partial charge in [-0.1, -0.05) is 0 Å². The molecule has 0 saturated carbocycles. The van der Waals surface area contributed by atoms with E-state index in [-0.39, 0.29) is 12.3 Å². The molecule has 5 heterocycles.